The number of fused-ring (bicyclic) bond motifs is 1. The Bertz CT molecular complexity index is 857. The van der Waals surface area contributed by atoms with E-state index in [1.54, 1.807) is 6.20 Å². The smallest absolute Gasteiger partial charge is 0.142 e. The molecule has 1 atom stereocenters. The lowest BCUT2D eigenvalue weighted by molar-refractivity contribution is 0.622. The molecule has 4 rings (SSSR count). The maximum absolute atomic E-state index is 13.5. The predicted molar refractivity (Wildman–Crippen MR) is 84.7 cm³/mol. The molecule has 6 heteroatoms. The Morgan fingerprint density at radius 2 is 2.10 bits per heavy atom. The van der Waals surface area contributed by atoms with Crippen molar-refractivity contribution in [3.05, 3.63) is 47.3 Å². The first-order valence-electron chi connectivity index (χ1n) is 6.71. The normalized spacial score (nSPS) is 14.8. The summed E-state index contributed by atoms with van der Waals surface area (Å²) in [6.45, 7) is 0. The zero-order valence-electron chi connectivity index (χ0n) is 11.1. The van der Waals surface area contributed by atoms with Crippen molar-refractivity contribution >= 4 is 31.8 Å². The largest absolute Gasteiger partial charge is 0.302 e. The molecular weight excluding hydrogens is 308 g/mol. The number of hydrogen-bond donors (Lipinski definition) is 0. The summed E-state index contributed by atoms with van der Waals surface area (Å²) in [5, 5.41) is 1.58. The Kier molecular flexibility index (Phi) is 2.98. The van der Waals surface area contributed by atoms with Crippen LogP contribution >= 0.6 is 20.8 Å². The van der Waals surface area contributed by atoms with Crippen LogP contribution in [0.5, 0.6) is 0 Å². The average molecular weight is 320 g/mol. The van der Waals surface area contributed by atoms with Gasteiger partial charge in [-0.1, -0.05) is 11.6 Å². The van der Waals surface area contributed by atoms with Crippen LogP contribution < -0.4 is 5.30 Å². The molecule has 1 fully saturated rings. The zero-order chi connectivity index (χ0) is 14.6. The van der Waals surface area contributed by atoms with E-state index in [0.717, 1.165) is 35.2 Å². The Morgan fingerprint density at radius 1 is 1.29 bits per heavy atom. The van der Waals surface area contributed by atoms with Gasteiger partial charge >= 0.3 is 0 Å². The molecule has 0 amide bonds. The first-order chi connectivity index (χ1) is 10.1. The van der Waals surface area contributed by atoms with Gasteiger partial charge in [0.25, 0.3) is 0 Å². The van der Waals surface area contributed by atoms with Crippen LogP contribution in [0.1, 0.15) is 24.5 Å². The number of nitrogens with zero attached hydrogens (tertiary/aromatic N) is 3. The SMILES string of the molecule is Fc1cncc(-c2nc3cc(P)c(Cl)cn3c2C2CC2)c1. The lowest BCUT2D eigenvalue weighted by Crippen LogP contribution is -1.99. The quantitative estimate of drug-likeness (QED) is 0.676. The van der Waals surface area contributed by atoms with E-state index in [1.165, 1.54) is 12.3 Å². The molecule has 3 aromatic heterocycles. The highest BCUT2D eigenvalue weighted by molar-refractivity contribution is 7.28. The molecule has 21 heavy (non-hydrogen) atoms. The third-order valence-electron chi connectivity index (χ3n) is 3.72. The van der Waals surface area contributed by atoms with E-state index in [1.807, 2.05) is 16.7 Å². The highest BCUT2D eigenvalue weighted by Gasteiger charge is 2.31. The van der Waals surface area contributed by atoms with Crippen molar-refractivity contribution in [1.82, 2.24) is 14.4 Å². The second kappa shape index (κ2) is 4.75. The Labute approximate surface area is 128 Å². The molecule has 3 heterocycles. The van der Waals surface area contributed by atoms with Crippen LogP contribution in [0.15, 0.2) is 30.7 Å². The van der Waals surface area contributed by atoms with Crippen LogP contribution in [0.2, 0.25) is 5.02 Å². The molecule has 3 nitrogen and oxygen atoms in total. The van der Waals surface area contributed by atoms with Gasteiger partial charge in [-0.25, -0.2) is 9.37 Å². The second-order valence-electron chi connectivity index (χ2n) is 5.32. The van der Waals surface area contributed by atoms with E-state index in [-0.39, 0.29) is 5.82 Å². The number of imidazole rings is 1. The van der Waals surface area contributed by atoms with Crippen molar-refractivity contribution in [1.29, 1.82) is 0 Å². The average Bonchev–Trinajstić information content (AvgIpc) is 3.22. The Hall–Kier alpha value is -1.51. The van der Waals surface area contributed by atoms with Gasteiger partial charge in [-0.3, -0.25) is 4.98 Å². The summed E-state index contributed by atoms with van der Waals surface area (Å²) in [5.41, 5.74) is 3.44. The predicted octanol–water partition coefficient (Wildman–Crippen LogP) is 3.57. The molecule has 0 spiro atoms. The van der Waals surface area contributed by atoms with Gasteiger partial charge in [0.05, 0.1) is 22.6 Å². The van der Waals surface area contributed by atoms with Crippen LogP contribution in [0.4, 0.5) is 4.39 Å². The monoisotopic (exact) mass is 319 g/mol. The first kappa shape index (κ1) is 13.2. The minimum Gasteiger partial charge on any atom is -0.302 e. The minimum atomic E-state index is -0.351. The van der Waals surface area contributed by atoms with E-state index in [9.17, 15) is 4.39 Å². The van der Waals surface area contributed by atoms with Crippen LogP contribution in [0, 0.1) is 5.82 Å². The third kappa shape index (κ3) is 2.23. The van der Waals surface area contributed by atoms with Gasteiger partial charge in [0.15, 0.2) is 0 Å². The van der Waals surface area contributed by atoms with Crippen LogP contribution in [0.25, 0.3) is 16.9 Å². The zero-order valence-corrected chi connectivity index (χ0v) is 13.0. The molecule has 1 saturated carbocycles. The molecule has 0 aliphatic heterocycles. The summed E-state index contributed by atoms with van der Waals surface area (Å²) < 4.78 is 15.5. The number of rotatable bonds is 2. The fourth-order valence-electron chi connectivity index (χ4n) is 2.60. The third-order valence-corrected chi connectivity index (χ3v) is 4.70. The van der Waals surface area contributed by atoms with Crippen LogP contribution in [0.3, 0.4) is 0 Å². The first-order valence-corrected chi connectivity index (χ1v) is 7.67. The summed E-state index contributed by atoms with van der Waals surface area (Å²) in [5.74, 6) is 0.112. The van der Waals surface area contributed by atoms with Gasteiger partial charge in [-0.05, 0) is 30.3 Å². The molecule has 0 saturated heterocycles. The lowest BCUT2D eigenvalue weighted by atomic mass is 10.1. The van der Waals surface area contributed by atoms with E-state index in [0.29, 0.717) is 16.5 Å². The van der Waals surface area contributed by atoms with Crippen molar-refractivity contribution < 1.29 is 4.39 Å². The van der Waals surface area contributed by atoms with E-state index >= 15 is 0 Å². The Balaban J connectivity index is 2.02. The summed E-state index contributed by atoms with van der Waals surface area (Å²) >= 11 is 6.22. The molecule has 0 bridgehead atoms. The Morgan fingerprint density at radius 3 is 2.81 bits per heavy atom. The lowest BCUT2D eigenvalue weighted by Gasteiger charge is -2.05. The van der Waals surface area contributed by atoms with Crippen molar-refractivity contribution in [2.75, 3.05) is 0 Å². The number of aromatic nitrogens is 3. The molecule has 0 aromatic carbocycles. The second-order valence-corrected chi connectivity index (χ2v) is 6.35. The molecule has 106 valence electrons. The summed E-state index contributed by atoms with van der Waals surface area (Å²) in [6, 6.07) is 3.40. The molecule has 0 N–H and O–H groups in total. The maximum Gasteiger partial charge on any atom is 0.142 e. The van der Waals surface area contributed by atoms with E-state index in [2.05, 4.69) is 19.2 Å². The topological polar surface area (TPSA) is 30.2 Å². The fraction of sp³-hybridized carbons (Fsp3) is 0.200. The van der Waals surface area contributed by atoms with Crippen molar-refractivity contribution in [3.63, 3.8) is 0 Å². The van der Waals surface area contributed by atoms with Crippen molar-refractivity contribution in [3.8, 4) is 11.3 Å². The molecule has 0 radical (unpaired) electrons. The number of halogens is 2. The van der Waals surface area contributed by atoms with Gasteiger partial charge in [0.1, 0.15) is 11.5 Å². The van der Waals surface area contributed by atoms with Crippen LogP contribution in [-0.2, 0) is 0 Å². The van der Waals surface area contributed by atoms with Crippen molar-refractivity contribution in [2.45, 2.75) is 18.8 Å². The molecule has 1 unspecified atom stereocenters. The summed E-state index contributed by atoms with van der Waals surface area (Å²) in [6.07, 6.45) is 7.00. The highest BCUT2D eigenvalue weighted by Crippen LogP contribution is 2.44. The van der Waals surface area contributed by atoms with Gasteiger partial charge in [0.2, 0.25) is 0 Å². The summed E-state index contributed by atoms with van der Waals surface area (Å²) in [4.78, 5) is 8.60. The van der Waals surface area contributed by atoms with Crippen LogP contribution in [-0.4, -0.2) is 14.4 Å². The van der Waals surface area contributed by atoms with Gasteiger partial charge in [-0.15, -0.1) is 9.24 Å². The maximum atomic E-state index is 13.5. The minimum absolute atomic E-state index is 0.351. The van der Waals surface area contributed by atoms with E-state index < -0.39 is 0 Å². The summed E-state index contributed by atoms with van der Waals surface area (Å²) in [7, 11) is 2.60. The molecular formula is C15H12ClFN3P. The van der Waals surface area contributed by atoms with Gasteiger partial charge < -0.3 is 4.40 Å². The van der Waals surface area contributed by atoms with Gasteiger partial charge in [-0.2, -0.15) is 0 Å². The van der Waals surface area contributed by atoms with Crippen molar-refractivity contribution in [2.24, 2.45) is 0 Å². The molecule has 3 aromatic rings. The molecule has 1 aliphatic carbocycles. The fourth-order valence-corrected chi connectivity index (χ4v) is 2.97. The van der Waals surface area contributed by atoms with Gasteiger partial charge in [0, 0.05) is 23.9 Å². The molecule has 1 aliphatic rings. The number of hydrogen-bond acceptors (Lipinski definition) is 2. The van der Waals surface area contributed by atoms with E-state index in [4.69, 9.17) is 11.6 Å². The highest BCUT2D eigenvalue weighted by atomic mass is 35.5. The standard InChI is InChI=1S/C15H12ClFN3P/c16-11-7-20-13(4-12(11)21)19-14(15(20)8-1-2-8)9-3-10(17)6-18-5-9/h3-8H,1-2,21H2. The number of pyridine rings is 2.